The highest BCUT2D eigenvalue weighted by atomic mass is 16.4. The van der Waals surface area contributed by atoms with Crippen molar-refractivity contribution in [2.45, 2.75) is 25.4 Å². The van der Waals surface area contributed by atoms with Crippen LogP contribution in [0.2, 0.25) is 0 Å². The largest absolute Gasteiger partial charge is 0.549 e. The summed E-state index contributed by atoms with van der Waals surface area (Å²) in [7, 11) is 0. The van der Waals surface area contributed by atoms with Crippen molar-refractivity contribution < 1.29 is 24.6 Å². The van der Waals surface area contributed by atoms with Crippen molar-refractivity contribution in [1.29, 1.82) is 0 Å². The minimum absolute atomic E-state index is 0.222. The van der Waals surface area contributed by atoms with Crippen LogP contribution in [0.5, 0.6) is 0 Å². The van der Waals surface area contributed by atoms with Gasteiger partial charge in [0.2, 0.25) is 5.91 Å². The summed E-state index contributed by atoms with van der Waals surface area (Å²) in [6, 6.07) is 6.89. The fourth-order valence-electron chi connectivity index (χ4n) is 1.69. The average Bonchev–Trinajstić information content (AvgIpc) is 2.44. The van der Waals surface area contributed by atoms with Crippen LogP contribution in [0.15, 0.2) is 30.3 Å². The Morgan fingerprint density at radius 2 is 1.76 bits per heavy atom. The quantitative estimate of drug-likeness (QED) is 0.533. The lowest BCUT2D eigenvalue weighted by Gasteiger charge is -2.22. The van der Waals surface area contributed by atoms with E-state index in [0.29, 0.717) is 0 Å². The summed E-state index contributed by atoms with van der Waals surface area (Å²) in [5.74, 6) is -3.38. The highest BCUT2D eigenvalue weighted by molar-refractivity contribution is 5.86. The van der Waals surface area contributed by atoms with Gasteiger partial charge in [0.15, 0.2) is 0 Å². The Bertz CT molecular complexity index is 503. The molecule has 0 spiro atoms. The van der Waals surface area contributed by atoms with Gasteiger partial charge in [0, 0.05) is 6.54 Å². The van der Waals surface area contributed by atoms with E-state index >= 15 is 0 Å². The van der Waals surface area contributed by atoms with Gasteiger partial charge in [0.05, 0.1) is 24.0 Å². The molecule has 114 valence electrons. The molecule has 7 nitrogen and oxygen atoms in total. The first kappa shape index (κ1) is 16.6. The highest BCUT2D eigenvalue weighted by Crippen LogP contribution is 2.03. The molecule has 2 atom stereocenters. The van der Waals surface area contributed by atoms with Crippen LogP contribution in [0.25, 0.3) is 0 Å². The predicted octanol–water partition coefficient (Wildman–Crippen LogP) is -2.81. The molecule has 0 aliphatic carbocycles. The summed E-state index contributed by atoms with van der Waals surface area (Å²) in [6.45, 7) is 0.760. The third kappa shape index (κ3) is 6.05. The van der Waals surface area contributed by atoms with Gasteiger partial charge in [-0.2, -0.15) is 0 Å². The van der Waals surface area contributed by atoms with Crippen LogP contribution in [-0.2, 0) is 20.8 Å². The topological polar surface area (TPSA) is 121 Å². The number of rotatable bonds is 8. The Balaban J connectivity index is 2.73. The van der Waals surface area contributed by atoms with E-state index in [1.165, 1.54) is 6.92 Å². The van der Waals surface area contributed by atoms with E-state index in [2.05, 4.69) is 10.6 Å². The van der Waals surface area contributed by atoms with Gasteiger partial charge in [0.1, 0.15) is 0 Å². The Hall–Kier alpha value is -2.41. The van der Waals surface area contributed by atoms with Crippen LogP contribution >= 0.6 is 0 Å². The van der Waals surface area contributed by atoms with E-state index in [4.69, 9.17) is 0 Å². The molecule has 1 amide bonds. The van der Waals surface area contributed by atoms with Crippen LogP contribution in [0, 0.1) is 0 Å². The van der Waals surface area contributed by atoms with Crippen molar-refractivity contribution in [1.82, 2.24) is 10.6 Å². The number of carbonyl (C=O) groups is 3. The molecule has 21 heavy (non-hydrogen) atoms. The summed E-state index contributed by atoms with van der Waals surface area (Å²) in [4.78, 5) is 33.1. The number of carboxylic acid groups (broad SMARTS) is 2. The number of benzene rings is 1. The second-order valence-electron chi connectivity index (χ2n) is 4.54. The lowest BCUT2D eigenvalue weighted by atomic mass is 10.0. The van der Waals surface area contributed by atoms with Gasteiger partial charge in [0.25, 0.3) is 0 Å². The molecule has 7 heteroatoms. The van der Waals surface area contributed by atoms with E-state index in [9.17, 15) is 24.6 Å². The minimum Gasteiger partial charge on any atom is -0.549 e. The average molecular weight is 292 g/mol. The lowest BCUT2D eigenvalue weighted by molar-refractivity contribution is -0.308. The summed E-state index contributed by atoms with van der Waals surface area (Å²) >= 11 is 0. The van der Waals surface area contributed by atoms with Crippen LogP contribution < -0.4 is 20.8 Å². The molecule has 0 aliphatic rings. The predicted molar refractivity (Wildman–Crippen MR) is 69.6 cm³/mol. The van der Waals surface area contributed by atoms with Crippen LogP contribution in [0.3, 0.4) is 0 Å². The number of aliphatic carboxylic acids is 2. The molecule has 1 aromatic rings. The maximum absolute atomic E-state index is 12.0. The Labute approximate surface area is 122 Å². The number of hydrogen-bond acceptors (Lipinski definition) is 6. The standard InChI is InChI=1S/C14H18N2O5/c1-9(14(20)21)16-13(19)11(15-8-12(17)18)7-10-5-3-2-4-6-10/h2-6,9,11,15H,7-8H2,1H3,(H,16,19)(H,17,18)(H,20,21)/p-2. The fourth-order valence-corrected chi connectivity index (χ4v) is 1.69. The Kier molecular flexibility index (Phi) is 6.35. The molecule has 0 bridgehead atoms. The molecule has 0 aliphatic heterocycles. The van der Waals surface area contributed by atoms with Crippen molar-refractivity contribution >= 4 is 17.8 Å². The maximum atomic E-state index is 12.0. The molecule has 0 fully saturated rings. The SMILES string of the molecule is CC(NC(=O)C(Cc1ccccc1)NCC(=O)[O-])C(=O)[O-]. The van der Waals surface area contributed by atoms with Crippen LogP contribution in [-0.4, -0.2) is 36.5 Å². The number of nitrogens with one attached hydrogen (secondary N) is 2. The lowest BCUT2D eigenvalue weighted by Crippen LogP contribution is -2.54. The van der Waals surface area contributed by atoms with E-state index in [-0.39, 0.29) is 6.42 Å². The first-order valence-corrected chi connectivity index (χ1v) is 6.38. The van der Waals surface area contributed by atoms with Crippen molar-refractivity contribution in [2.75, 3.05) is 6.54 Å². The van der Waals surface area contributed by atoms with Crippen molar-refractivity contribution in [3.63, 3.8) is 0 Å². The number of amides is 1. The van der Waals surface area contributed by atoms with Crippen LogP contribution in [0.1, 0.15) is 12.5 Å². The van der Waals surface area contributed by atoms with Gasteiger partial charge in [-0.15, -0.1) is 0 Å². The number of carboxylic acids is 2. The smallest absolute Gasteiger partial charge is 0.238 e. The molecular formula is C14H16N2O5-2. The first-order valence-electron chi connectivity index (χ1n) is 6.38. The minimum atomic E-state index is -1.42. The maximum Gasteiger partial charge on any atom is 0.238 e. The summed E-state index contributed by atoms with van der Waals surface area (Å²) in [5, 5.41) is 25.9. The third-order valence-corrected chi connectivity index (χ3v) is 2.80. The zero-order valence-electron chi connectivity index (χ0n) is 11.5. The summed E-state index contributed by atoms with van der Waals surface area (Å²) in [5.41, 5.74) is 0.810. The van der Waals surface area contributed by atoms with Gasteiger partial charge in [-0.05, 0) is 18.9 Å². The van der Waals surface area contributed by atoms with E-state index in [1.54, 1.807) is 24.3 Å². The molecule has 2 N–H and O–H groups in total. The van der Waals surface area contributed by atoms with E-state index < -0.39 is 36.5 Å². The van der Waals surface area contributed by atoms with E-state index in [0.717, 1.165) is 5.56 Å². The normalized spacial score (nSPS) is 13.2. The molecule has 0 heterocycles. The van der Waals surface area contributed by atoms with Gasteiger partial charge in [-0.3, -0.25) is 4.79 Å². The monoisotopic (exact) mass is 292 g/mol. The molecule has 0 aromatic heterocycles. The van der Waals surface area contributed by atoms with Crippen molar-refractivity contribution in [3.05, 3.63) is 35.9 Å². The first-order chi connectivity index (χ1) is 9.90. The second-order valence-corrected chi connectivity index (χ2v) is 4.54. The zero-order chi connectivity index (χ0) is 15.8. The molecule has 1 rings (SSSR count). The molecule has 0 saturated carbocycles. The van der Waals surface area contributed by atoms with Gasteiger partial charge < -0.3 is 30.4 Å². The van der Waals surface area contributed by atoms with Gasteiger partial charge in [-0.1, -0.05) is 30.3 Å². The molecule has 1 aromatic carbocycles. The van der Waals surface area contributed by atoms with Crippen molar-refractivity contribution in [3.8, 4) is 0 Å². The molecule has 0 radical (unpaired) electrons. The molecule has 0 saturated heterocycles. The van der Waals surface area contributed by atoms with Gasteiger partial charge >= 0.3 is 0 Å². The van der Waals surface area contributed by atoms with Crippen LogP contribution in [0.4, 0.5) is 0 Å². The number of hydrogen-bond donors (Lipinski definition) is 2. The molecular weight excluding hydrogens is 276 g/mol. The highest BCUT2D eigenvalue weighted by Gasteiger charge is 2.20. The summed E-state index contributed by atoms with van der Waals surface area (Å²) < 4.78 is 0. The second kappa shape index (κ2) is 8.01. The van der Waals surface area contributed by atoms with Gasteiger partial charge in [-0.25, -0.2) is 0 Å². The summed E-state index contributed by atoms with van der Waals surface area (Å²) in [6.07, 6.45) is 0.222. The van der Waals surface area contributed by atoms with Crippen molar-refractivity contribution in [2.24, 2.45) is 0 Å². The number of carbonyl (C=O) groups excluding carboxylic acids is 3. The Morgan fingerprint density at radius 1 is 1.14 bits per heavy atom. The molecule has 2 unspecified atom stereocenters. The third-order valence-electron chi connectivity index (χ3n) is 2.80. The fraction of sp³-hybridized carbons (Fsp3) is 0.357. The zero-order valence-corrected chi connectivity index (χ0v) is 11.5. The van der Waals surface area contributed by atoms with E-state index in [1.807, 2.05) is 6.07 Å². The Morgan fingerprint density at radius 3 is 2.29 bits per heavy atom.